The molecule has 0 radical (unpaired) electrons. The number of nitrogens with one attached hydrogen (secondary N) is 2. The lowest BCUT2D eigenvalue weighted by Crippen LogP contribution is -2.65. The summed E-state index contributed by atoms with van der Waals surface area (Å²) in [6.45, 7) is 9.12. The molecule has 2 rings (SSSR count). The van der Waals surface area contributed by atoms with Gasteiger partial charge < -0.3 is 20.3 Å². The normalized spacial score (nSPS) is 25.6. The largest absolute Gasteiger partial charge is 0.378 e. The summed E-state index contributed by atoms with van der Waals surface area (Å²) in [4.78, 5) is 18.5. The minimum absolute atomic E-state index is 0.00864. The topological polar surface area (TPSA) is 66.0 Å². The predicted octanol–water partition coefficient (Wildman–Crippen LogP) is 2.15. The van der Waals surface area contributed by atoms with Crippen LogP contribution in [0.25, 0.3) is 0 Å². The van der Waals surface area contributed by atoms with E-state index in [0.29, 0.717) is 18.7 Å². The number of ether oxygens (including phenoxy) is 1. The van der Waals surface area contributed by atoms with Crippen molar-refractivity contribution in [3.63, 3.8) is 0 Å². The highest BCUT2D eigenvalue weighted by Crippen LogP contribution is 2.54. The van der Waals surface area contributed by atoms with Crippen LogP contribution in [0.15, 0.2) is 4.99 Å². The molecule has 0 saturated heterocycles. The van der Waals surface area contributed by atoms with E-state index in [1.807, 2.05) is 32.7 Å². The summed E-state index contributed by atoms with van der Waals surface area (Å²) >= 11 is 0. The first-order valence-corrected chi connectivity index (χ1v) is 9.59. The second kappa shape index (κ2) is 7.94. The Hall–Kier alpha value is -1.30. The molecule has 0 aromatic heterocycles. The molecule has 0 bridgehead atoms. The fraction of sp³-hybridized carbons (Fsp3) is 0.895. The summed E-state index contributed by atoms with van der Waals surface area (Å²) < 4.78 is 5.98. The van der Waals surface area contributed by atoms with E-state index in [0.717, 1.165) is 19.0 Å². The SMILES string of the molecule is CCOC1CC(NC(=NC)N(C)CC(=O)NC(C)(C)C)C12CCCC2. The van der Waals surface area contributed by atoms with Gasteiger partial charge in [-0.25, -0.2) is 0 Å². The number of carbonyl (C=O) groups excluding carboxylic acids is 1. The molecule has 2 saturated carbocycles. The van der Waals surface area contributed by atoms with Crippen molar-refractivity contribution in [3.8, 4) is 0 Å². The summed E-state index contributed by atoms with van der Waals surface area (Å²) in [5.74, 6) is 0.796. The van der Waals surface area contributed by atoms with E-state index in [-0.39, 0.29) is 16.9 Å². The zero-order valence-corrected chi connectivity index (χ0v) is 16.8. The fourth-order valence-corrected chi connectivity index (χ4v) is 4.34. The molecule has 0 aromatic carbocycles. The van der Waals surface area contributed by atoms with Gasteiger partial charge in [0.05, 0.1) is 12.6 Å². The monoisotopic (exact) mass is 352 g/mol. The molecule has 0 aromatic rings. The molecular formula is C19H36N4O2. The standard InChI is InChI=1S/C19H36N4O2/c1-7-25-15-12-14(19(15)10-8-9-11-19)21-17(20-5)23(6)13-16(24)22-18(2,3)4/h14-15H,7-13H2,1-6H3,(H,20,21)(H,22,24). The number of aliphatic imine (C=N–C) groups is 1. The summed E-state index contributed by atoms with van der Waals surface area (Å²) in [6.07, 6.45) is 6.40. The molecular weight excluding hydrogens is 316 g/mol. The molecule has 1 amide bonds. The van der Waals surface area contributed by atoms with Crippen molar-refractivity contribution < 1.29 is 9.53 Å². The van der Waals surface area contributed by atoms with Crippen molar-refractivity contribution in [1.29, 1.82) is 0 Å². The molecule has 0 aliphatic heterocycles. The molecule has 25 heavy (non-hydrogen) atoms. The van der Waals surface area contributed by atoms with E-state index < -0.39 is 0 Å². The third kappa shape index (κ3) is 4.66. The van der Waals surface area contributed by atoms with Crippen LogP contribution in [-0.4, -0.2) is 61.7 Å². The Bertz CT molecular complexity index is 492. The lowest BCUT2D eigenvalue weighted by Gasteiger charge is -2.54. The summed E-state index contributed by atoms with van der Waals surface area (Å²) in [5.41, 5.74) is 0.0297. The van der Waals surface area contributed by atoms with Crippen LogP contribution < -0.4 is 10.6 Å². The van der Waals surface area contributed by atoms with Crippen LogP contribution in [-0.2, 0) is 9.53 Å². The first-order valence-electron chi connectivity index (χ1n) is 9.59. The van der Waals surface area contributed by atoms with Crippen LogP contribution in [0.2, 0.25) is 0 Å². The maximum absolute atomic E-state index is 12.2. The Morgan fingerprint density at radius 3 is 2.48 bits per heavy atom. The van der Waals surface area contributed by atoms with E-state index in [1.165, 1.54) is 25.7 Å². The van der Waals surface area contributed by atoms with E-state index in [9.17, 15) is 4.79 Å². The Kier molecular flexibility index (Phi) is 6.35. The average molecular weight is 353 g/mol. The van der Waals surface area contributed by atoms with Crippen LogP contribution in [0.3, 0.4) is 0 Å². The molecule has 2 atom stereocenters. The predicted molar refractivity (Wildman–Crippen MR) is 102 cm³/mol. The molecule has 2 N–H and O–H groups in total. The van der Waals surface area contributed by atoms with Crippen LogP contribution in [0.1, 0.15) is 59.8 Å². The highest BCUT2D eigenvalue weighted by Gasteiger charge is 2.57. The molecule has 2 fully saturated rings. The second-order valence-corrected chi connectivity index (χ2v) is 8.52. The smallest absolute Gasteiger partial charge is 0.240 e. The van der Waals surface area contributed by atoms with Gasteiger partial charge in [0.25, 0.3) is 0 Å². The van der Waals surface area contributed by atoms with Gasteiger partial charge in [-0.05, 0) is 47.0 Å². The third-order valence-corrected chi connectivity index (χ3v) is 5.46. The van der Waals surface area contributed by atoms with Gasteiger partial charge in [-0.1, -0.05) is 12.8 Å². The molecule has 2 aliphatic rings. The number of rotatable bonds is 5. The van der Waals surface area contributed by atoms with Gasteiger partial charge in [-0.3, -0.25) is 9.79 Å². The van der Waals surface area contributed by atoms with E-state index in [2.05, 4.69) is 22.5 Å². The summed E-state index contributed by atoms with van der Waals surface area (Å²) in [5, 5.41) is 6.61. The number of amides is 1. The first kappa shape index (κ1) is 20.0. The van der Waals surface area contributed by atoms with Crippen LogP contribution in [0.5, 0.6) is 0 Å². The molecule has 6 heteroatoms. The molecule has 2 aliphatic carbocycles. The molecule has 2 unspecified atom stereocenters. The quantitative estimate of drug-likeness (QED) is 0.588. The van der Waals surface area contributed by atoms with Crippen molar-refractivity contribution in [2.24, 2.45) is 10.4 Å². The average Bonchev–Trinajstić information content (AvgIpc) is 3.00. The lowest BCUT2D eigenvalue weighted by atomic mass is 9.60. The van der Waals surface area contributed by atoms with Gasteiger partial charge >= 0.3 is 0 Å². The van der Waals surface area contributed by atoms with Crippen molar-refractivity contribution in [1.82, 2.24) is 15.5 Å². The lowest BCUT2D eigenvalue weighted by molar-refractivity contribution is -0.126. The van der Waals surface area contributed by atoms with Gasteiger partial charge in [-0.2, -0.15) is 0 Å². The van der Waals surface area contributed by atoms with Gasteiger partial charge in [0.1, 0.15) is 0 Å². The maximum Gasteiger partial charge on any atom is 0.240 e. The minimum Gasteiger partial charge on any atom is -0.378 e. The van der Waals surface area contributed by atoms with Gasteiger partial charge in [0.2, 0.25) is 5.91 Å². The Balaban J connectivity index is 1.94. The van der Waals surface area contributed by atoms with Gasteiger partial charge in [-0.15, -0.1) is 0 Å². The van der Waals surface area contributed by atoms with Gasteiger partial charge in [0.15, 0.2) is 5.96 Å². The Morgan fingerprint density at radius 2 is 1.96 bits per heavy atom. The Labute approximate surface area is 152 Å². The van der Waals surface area contributed by atoms with Crippen molar-refractivity contribution >= 4 is 11.9 Å². The second-order valence-electron chi connectivity index (χ2n) is 8.52. The maximum atomic E-state index is 12.2. The third-order valence-electron chi connectivity index (χ3n) is 5.46. The van der Waals surface area contributed by atoms with E-state index in [4.69, 9.17) is 4.74 Å². The summed E-state index contributed by atoms with van der Waals surface area (Å²) in [6, 6.07) is 0.387. The van der Waals surface area contributed by atoms with E-state index >= 15 is 0 Å². The van der Waals surface area contributed by atoms with E-state index in [1.54, 1.807) is 7.05 Å². The number of hydrogen-bond acceptors (Lipinski definition) is 3. The van der Waals surface area contributed by atoms with Crippen molar-refractivity contribution in [3.05, 3.63) is 0 Å². The van der Waals surface area contributed by atoms with Crippen LogP contribution >= 0.6 is 0 Å². The number of carbonyl (C=O) groups is 1. The molecule has 0 heterocycles. The zero-order chi connectivity index (χ0) is 18.7. The number of hydrogen-bond donors (Lipinski definition) is 2. The molecule has 144 valence electrons. The Morgan fingerprint density at radius 1 is 1.32 bits per heavy atom. The number of likely N-dealkylation sites (N-methyl/N-ethyl adjacent to an activating group) is 1. The van der Waals surface area contributed by atoms with Crippen molar-refractivity contribution in [2.45, 2.75) is 77.5 Å². The fourth-order valence-electron chi connectivity index (χ4n) is 4.34. The molecule has 6 nitrogen and oxygen atoms in total. The van der Waals surface area contributed by atoms with Crippen molar-refractivity contribution in [2.75, 3.05) is 27.2 Å². The highest BCUT2D eigenvalue weighted by atomic mass is 16.5. The highest BCUT2D eigenvalue weighted by molar-refractivity contribution is 5.86. The zero-order valence-electron chi connectivity index (χ0n) is 16.8. The van der Waals surface area contributed by atoms with Gasteiger partial charge in [0, 0.05) is 37.7 Å². The number of nitrogens with zero attached hydrogens (tertiary/aromatic N) is 2. The molecule has 1 spiro atoms. The first-order chi connectivity index (χ1) is 11.7. The van der Waals surface area contributed by atoms with Crippen LogP contribution in [0.4, 0.5) is 0 Å². The summed E-state index contributed by atoms with van der Waals surface area (Å²) in [7, 11) is 3.69. The minimum atomic E-state index is -0.221. The van der Waals surface area contributed by atoms with Crippen LogP contribution in [0, 0.1) is 5.41 Å². The number of guanidine groups is 1.